The third kappa shape index (κ3) is 4.16. The van der Waals surface area contributed by atoms with Gasteiger partial charge in [0.05, 0.1) is 11.0 Å². The number of aromatic nitrogens is 1. The Bertz CT molecular complexity index is 2590. The van der Waals surface area contributed by atoms with E-state index in [1.54, 1.807) is 0 Å². The minimum absolute atomic E-state index is 0.132. The van der Waals surface area contributed by atoms with Gasteiger partial charge in [0, 0.05) is 16.5 Å². The first-order chi connectivity index (χ1) is 22.8. The molecule has 0 saturated heterocycles. The summed E-state index contributed by atoms with van der Waals surface area (Å²) in [4.78, 5) is 0. The van der Waals surface area contributed by atoms with Gasteiger partial charge in [-0.3, -0.25) is 0 Å². The summed E-state index contributed by atoms with van der Waals surface area (Å²) in [5.41, 5.74) is 12.9. The van der Waals surface area contributed by atoms with Crippen LogP contribution in [0.15, 0.2) is 133 Å². The zero-order valence-electron chi connectivity index (χ0n) is 27.6. The van der Waals surface area contributed by atoms with E-state index in [2.05, 4.69) is 173 Å². The largest absolute Gasteiger partial charge is 0.309 e. The predicted molar refractivity (Wildman–Crippen MR) is 204 cm³/mol. The molecule has 0 radical (unpaired) electrons. The standard InChI is InChI=1S/C46H37N/c1-28-26-40(30-14-18-32(19-15-30)46(3,4)5)38-24-22-35-29(2)27-41(39-25-23-34(28)44(38)45(35)39)31-16-20-33(21-17-31)47-42-12-8-6-10-36(42)37-11-7-9-13-43(37)47/h6-27H,1-5H3. The van der Waals surface area contributed by atoms with Crippen LogP contribution in [0.2, 0.25) is 0 Å². The molecule has 47 heavy (non-hydrogen) atoms. The van der Waals surface area contributed by atoms with E-state index in [9.17, 15) is 0 Å². The summed E-state index contributed by atoms with van der Waals surface area (Å²) < 4.78 is 2.39. The average Bonchev–Trinajstić information content (AvgIpc) is 3.42. The lowest BCUT2D eigenvalue weighted by Crippen LogP contribution is -2.10. The Morgan fingerprint density at radius 2 is 0.851 bits per heavy atom. The lowest BCUT2D eigenvalue weighted by atomic mass is 9.83. The topological polar surface area (TPSA) is 4.93 Å². The molecule has 0 aliphatic rings. The quantitative estimate of drug-likeness (QED) is 0.177. The molecule has 0 atom stereocenters. The maximum absolute atomic E-state index is 2.39. The highest BCUT2D eigenvalue weighted by Crippen LogP contribution is 2.45. The third-order valence-electron chi connectivity index (χ3n) is 10.4. The van der Waals surface area contributed by atoms with Gasteiger partial charge in [-0.2, -0.15) is 0 Å². The molecule has 0 unspecified atom stereocenters. The number of aryl methyl sites for hydroxylation is 2. The fourth-order valence-corrected chi connectivity index (χ4v) is 7.96. The van der Waals surface area contributed by atoms with Gasteiger partial charge in [0.25, 0.3) is 0 Å². The molecular weight excluding hydrogens is 567 g/mol. The second-order valence-corrected chi connectivity index (χ2v) is 14.3. The molecular formula is C46H37N. The van der Waals surface area contributed by atoms with Crippen molar-refractivity contribution in [2.24, 2.45) is 0 Å². The zero-order valence-corrected chi connectivity index (χ0v) is 27.6. The molecule has 0 bridgehead atoms. The van der Waals surface area contributed by atoms with Crippen LogP contribution in [0.5, 0.6) is 0 Å². The van der Waals surface area contributed by atoms with Gasteiger partial charge in [-0.1, -0.05) is 130 Å². The minimum Gasteiger partial charge on any atom is -0.309 e. The maximum atomic E-state index is 2.39. The Kier molecular flexibility index (Phi) is 5.96. The minimum atomic E-state index is 0.132. The Hall–Kier alpha value is -5.40. The summed E-state index contributed by atoms with van der Waals surface area (Å²) in [5.74, 6) is 0. The molecule has 0 aliphatic heterocycles. The second-order valence-electron chi connectivity index (χ2n) is 14.3. The number of fused-ring (bicyclic) bond motifs is 3. The van der Waals surface area contributed by atoms with Gasteiger partial charge < -0.3 is 4.57 Å². The van der Waals surface area contributed by atoms with Gasteiger partial charge >= 0.3 is 0 Å². The van der Waals surface area contributed by atoms with Crippen LogP contribution in [0.4, 0.5) is 0 Å². The molecule has 9 rings (SSSR count). The number of hydrogen-bond donors (Lipinski definition) is 0. The normalized spacial score (nSPS) is 12.4. The Morgan fingerprint density at radius 1 is 0.426 bits per heavy atom. The van der Waals surface area contributed by atoms with Crippen LogP contribution in [0.25, 0.3) is 82.1 Å². The monoisotopic (exact) mass is 603 g/mol. The molecule has 1 aromatic heterocycles. The highest BCUT2D eigenvalue weighted by atomic mass is 15.0. The number of para-hydroxylation sites is 2. The molecule has 0 N–H and O–H groups in total. The smallest absolute Gasteiger partial charge is 0.0541 e. The third-order valence-corrected chi connectivity index (χ3v) is 10.4. The summed E-state index contributed by atoms with van der Waals surface area (Å²) in [6.07, 6.45) is 0. The van der Waals surface area contributed by atoms with E-state index in [1.807, 2.05) is 0 Å². The molecule has 1 heteroatoms. The second kappa shape index (κ2) is 10.0. The van der Waals surface area contributed by atoms with Crippen LogP contribution >= 0.6 is 0 Å². The lowest BCUT2D eigenvalue weighted by molar-refractivity contribution is 0.590. The van der Waals surface area contributed by atoms with E-state index >= 15 is 0 Å². The van der Waals surface area contributed by atoms with Crippen LogP contribution in [0.1, 0.15) is 37.5 Å². The Morgan fingerprint density at radius 3 is 1.32 bits per heavy atom. The van der Waals surface area contributed by atoms with Crippen molar-refractivity contribution in [1.82, 2.24) is 4.57 Å². The van der Waals surface area contributed by atoms with Crippen molar-refractivity contribution in [3.63, 3.8) is 0 Å². The molecule has 0 fully saturated rings. The van der Waals surface area contributed by atoms with Crippen LogP contribution in [-0.4, -0.2) is 4.57 Å². The van der Waals surface area contributed by atoms with Gasteiger partial charge in [0.15, 0.2) is 0 Å². The molecule has 226 valence electrons. The van der Waals surface area contributed by atoms with Gasteiger partial charge in [0.2, 0.25) is 0 Å². The fraction of sp³-hybridized carbons (Fsp3) is 0.130. The molecule has 1 heterocycles. The van der Waals surface area contributed by atoms with E-state index < -0.39 is 0 Å². The summed E-state index contributed by atoms with van der Waals surface area (Å²) in [7, 11) is 0. The van der Waals surface area contributed by atoms with E-state index in [0.29, 0.717) is 0 Å². The Balaban J connectivity index is 1.23. The van der Waals surface area contributed by atoms with Crippen molar-refractivity contribution in [2.45, 2.75) is 40.0 Å². The van der Waals surface area contributed by atoms with Gasteiger partial charge in [0.1, 0.15) is 0 Å². The average molecular weight is 604 g/mol. The lowest BCUT2D eigenvalue weighted by Gasteiger charge is -2.21. The van der Waals surface area contributed by atoms with Crippen molar-refractivity contribution >= 4 is 54.1 Å². The molecule has 0 spiro atoms. The van der Waals surface area contributed by atoms with Crippen molar-refractivity contribution in [3.8, 4) is 27.9 Å². The molecule has 9 aromatic rings. The van der Waals surface area contributed by atoms with Gasteiger partial charge in [-0.15, -0.1) is 0 Å². The van der Waals surface area contributed by atoms with Crippen LogP contribution in [0, 0.1) is 13.8 Å². The van der Waals surface area contributed by atoms with Crippen LogP contribution < -0.4 is 0 Å². The van der Waals surface area contributed by atoms with E-state index in [0.717, 1.165) is 0 Å². The van der Waals surface area contributed by atoms with E-state index in [1.165, 1.54) is 98.8 Å². The highest BCUT2D eigenvalue weighted by molar-refractivity contribution is 6.28. The summed E-state index contributed by atoms with van der Waals surface area (Å²) >= 11 is 0. The van der Waals surface area contributed by atoms with Crippen molar-refractivity contribution in [2.75, 3.05) is 0 Å². The maximum Gasteiger partial charge on any atom is 0.0541 e. The molecule has 8 aromatic carbocycles. The number of nitrogens with zero attached hydrogens (tertiary/aromatic N) is 1. The number of benzene rings is 8. The van der Waals surface area contributed by atoms with Gasteiger partial charge in [-0.25, -0.2) is 0 Å². The van der Waals surface area contributed by atoms with Crippen molar-refractivity contribution in [1.29, 1.82) is 0 Å². The SMILES string of the molecule is Cc1cc(-c2ccc(-n3c4ccccc4c4ccccc43)cc2)c2ccc3c(C)cc(-c4ccc(C(C)(C)C)cc4)c4ccc1c2c34. The molecule has 0 aliphatic carbocycles. The van der Waals surface area contributed by atoms with E-state index in [-0.39, 0.29) is 5.41 Å². The van der Waals surface area contributed by atoms with E-state index in [4.69, 9.17) is 0 Å². The first kappa shape index (κ1) is 27.9. The Labute approximate surface area is 276 Å². The highest BCUT2D eigenvalue weighted by Gasteiger charge is 2.19. The summed E-state index contributed by atoms with van der Waals surface area (Å²) in [5, 5.41) is 10.6. The predicted octanol–water partition coefficient (Wildman–Crippen LogP) is 12.9. The van der Waals surface area contributed by atoms with Crippen molar-refractivity contribution < 1.29 is 0 Å². The summed E-state index contributed by atoms with van der Waals surface area (Å²) in [6, 6.07) is 50.0. The first-order valence-corrected chi connectivity index (χ1v) is 16.7. The van der Waals surface area contributed by atoms with Crippen LogP contribution in [-0.2, 0) is 5.41 Å². The molecule has 1 nitrogen and oxygen atoms in total. The first-order valence-electron chi connectivity index (χ1n) is 16.7. The summed E-state index contributed by atoms with van der Waals surface area (Å²) in [6.45, 7) is 11.4. The fourth-order valence-electron chi connectivity index (χ4n) is 7.96. The zero-order chi connectivity index (χ0) is 32.0. The number of hydrogen-bond acceptors (Lipinski definition) is 0. The van der Waals surface area contributed by atoms with Crippen LogP contribution in [0.3, 0.4) is 0 Å². The molecule has 0 amide bonds. The molecule has 0 saturated carbocycles. The van der Waals surface area contributed by atoms with Crippen molar-refractivity contribution in [3.05, 3.63) is 150 Å². The van der Waals surface area contributed by atoms with Gasteiger partial charge in [-0.05, 0) is 115 Å². The number of rotatable bonds is 3.